The summed E-state index contributed by atoms with van der Waals surface area (Å²) in [6.45, 7) is 3.13. The summed E-state index contributed by atoms with van der Waals surface area (Å²) >= 11 is 0. The van der Waals surface area contributed by atoms with Gasteiger partial charge in [0.2, 0.25) is 0 Å². The first kappa shape index (κ1) is 16.2. The summed E-state index contributed by atoms with van der Waals surface area (Å²) in [5.41, 5.74) is 0.192. The average molecular weight is 299 g/mol. The molecule has 0 aliphatic carbocycles. The topological polar surface area (TPSA) is 101 Å². The van der Waals surface area contributed by atoms with E-state index in [0.29, 0.717) is 0 Å². The minimum Gasteiger partial charge on any atom is -0.478 e. The maximum atomic E-state index is 11.9. The first-order chi connectivity index (χ1) is 9.25. The Morgan fingerprint density at radius 2 is 1.90 bits per heavy atom. The van der Waals surface area contributed by atoms with E-state index in [9.17, 15) is 18.0 Å². The Morgan fingerprint density at radius 1 is 1.30 bits per heavy atom. The normalized spacial score (nSPS) is 12.7. The molecule has 0 saturated heterocycles. The molecular formula is C13H17NO5S. The van der Waals surface area contributed by atoms with Crippen molar-refractivity contribution in [3.63, 3.8) is 0 Å². The highest BCUT2D eigenvalue weighted by Gasteiger charge is 2.17. The zero-order chi connectivity index (χ0) is 15.3. The molecule has 0 saturated carbocycles. The van der Waals surface area contributed by atoms with Crippen LogP contribution in [0.3, 0.4) is 0 Å². The Balaban J connectivity index is 2.76. The molecule has 0 radical (unpaired) electrons. The van der Waals surface area contributed by atoms with E-state index in [1.165, 1.54) is 24.3 Å². The fourth-order valence-corrected chi connectivity index (χ4v) is 2.72. The van der Waals surface area contributed by atoms with Gasteiger partial charge in [-0.1, -0.05) is 13.0 Å². The Hall–Kier alpha value is -1.89. The zero-order valence-corrected chi connectivity index (χ0v) is 12.1. The molecule has 0 fully saturated rings. The van der Waals surface area contributed by atoms with Gasteiger partial charge in [0.05, 0.1) is 11.3 Å². The minimum atomic E-state index is -3.18. The van der Waals surface area contributed by atoms with Gasteiger partial charge in [-0.3, -0.25) is 4.79 Å². The molecule has 0 aliphatic rings. The van der Waals surface area contributed by atoms with Crippen LogP contribution in [0.2, 0.25) is 0 Å². The molecule has 1 amide bonds. The van der Waals surface area contributed by atoms with E-state index < -0.39 is 27.8 Å². The SMILES string of the molecule is CCS(=O)(=O)CC(C)NC(=O)c1cccc(C(=O)O)c1. The maximum absolute atomic E-state index is 11.9. The Kier molecular flexibility index (Phi) is 5.26. The lowest BCUT2D eigenvalue weighted by Gasteiger charge is -2.13. The van der Waals surface area contributed by atoms with Crippen molar-refractivity contribution in [2.45, 2.75) is 19.9 Å². The summed E-state index contributed by atoms with van der Waals surface area (Å²) in [7, 11) is -3.18. The Bertz CT molecular complexity index is 609. The molecule has 1 aromatic carbocycles. The molecule has 0 aromatic heterocycles. The second kappa shape index (κ2) is 6.51. The van der Waals surface area contributed by atoms with Gasteiger partial charge in [-0.05, 0) is 25.1 Å². The third-order valence-electron chi connectivity index (χ3n) is 2.69. The minimum absolute atomic E-state index is 0.00600. The van der Waals surface area contributed by atoms with Crippen molar-refractivity contribution >= 4 is 21.7 Å². The highest BCUT2D eigenvalue weighted by atomic mass is 32.2. The van der Waals surface area contributed by atoms with E-state index in [2.05, 4.69) is 5.32 Å². The predicted molar refractivity (Wildman–Crippen MR) is 74.7 cm³/mol. The second-order valence-electron chi connectivity index (χ2n) is 4.46. The lowest BCUT2D eigenvalue weighted by Crippen LogP contribution is -2.38. The summed E-state index contributed by atoms with van der Waals surface area (Å²) in [6.07, 6.45) is 0. The van der Waals surface area contributed by atoms with Crippen LogP contribution in [0.1, 0.15) is 34.6 Å². The van der Waals surface area contributed by atoms with Crippen LogP contribution in [0.25, 0.3) is 0 Å². The number of benzene rings is 1. The molecule has 0 bridgehead atoms. The first-order valence-electron chi connectivity index (χ1n) is 6.10. The quantitative estimate of drug-likeness (QED) is 0.814. The van der Waals surface area contributed by atoms with Crippen molar-refractivity contribution in [3.05, 3.63) is 35.4 Å². The lowest BCUT2D eigenvalue weighted by atomic mass is 10.1. The van der Waals surface area contributed by atoms with E-state index in [4.69, 9.17) is 5.11 Å². The van der Waals surface area contributed by atoms with Crippen LogP contribution in [0.5, 0.6) is 0 Å². The number of carboxylic acid groups (broad SMARTS) is 1. The van der Waals surface area contributed by atoms with Crippen molar-refractivity contribution in [1.29, 1.82) is 0 Å². The Morgan fingerprint density at radius 3 is 2.45 bits per heavy atom. The second-order valence-corrected chi connectivity index (χ2v) is 6.86. The third-order valence-corrected chi connectivity index (χ3v) is 4.58. The lowest BCUT2D eigenvalue weighted by molar-refractivity contribution is 0.0697. The third kappa shape index (κ3) is 4.65. The molecular weight excluding hydrogens is 282 g/mol. The highest BCUT2D eigenvalue weighted by Crippen LogP contribution is 2.06. The van der Waals surface area contributed by atoms with E-state index >= 15 is 0 Å². The van der Waals surface area contributed by atoms with Crippen molar-refractivity contribution < 1.29 is 23.1 Å². The van der Waals surface area contributed by atoms with Gasteiger partial charge in [-0.25, -0.2) is 13.2 Å². The summed E-state index contributed by atoms with van der Waals surface area (Å²) in [4.78, 5) is 22.7. The maximum Gasteiger partial charge on any atom is 0.335 e. The molecule has 20 heavy (non-hydrogen) atoms. The predicted octanol–water partition coefficient (Wildman–Crippen LogP) is 0.938. The number of sulfone groups is 1. The van der Waals surface area contributed by atoms with Crippen molar-refractivity contribution in [2.24, 2.45) is 0 Å². The monoisotopic (exact) mass is 299 g/mol. The number of carboxylic acids is 1. The van der Waals surface area contributed by atoms with Crippen LogP contribution in [-0.2, 0) is 9.84 Å². The van der Waals surface area contributed by atoms with Gasteiger partial charge in [0, 0.05) is 17.4 Å². The Labute approximate surface area is 117 Å². The van der Waals surface area contributed by atoms with Gasteiger partial charge in [-0.2, -0.15) is 0 Å². The van der Waals surface area contributed by atoms with Crippen LogP contribution in [-0.4, -0.2) is 42.9 Å². The van der Waals surface area contributed by atoms with Crippen LogP contribution in [0, 0.1) is 0 Å². The summed E-state index contributed by atoms with van der Waals surface area (Å²) in [5, 5.41) is 11.4. The number of hydrogen-bond acceptors (Lipinski definition) is 4. The molecule has 6 nitrogen and oxygen atoms in total. The van der Waals surface area contributed by atoms with Gasteiger partial charge in [0.15, 0.2) is 9.84 Å². The van der Waals surface area contributed by atoms with E-state index in [-0.39, 0.29) is 22.6 Å². The molecule has 1 aromatic rings. The molecule has 0 heterocycles. The van der Waals surface area contributed by atoms with Crippen LogP contribution in [0.4, 0.5) is 0 Å². The van der Waals surface area contributed by atoms with Crippen molar-refractivity contribution in [2.75, 3.05) is 11.5 Å². The molecule has 7 heteroatoms. The fourth-order valence-electron chi connectivity index (χ4n) is 1.64. The van der Waals surface area contributed by atoms with Gasteiger partial charge < -0.3 is 10.4 Å². The smallest absolute Gasteiger partial charge is 0.335 e. The number of rotatable bonds is 6. The van der Waals surface area contributed by atoms with E-state index in [0.717, 1.165) is 0 Å². The van der Waals surface area contributed by atoms with Crippen LogP contribution >= 0.6 is 0 Å². The van der Waals surface area contributed by atoms with Crippen LogP contribution in [0.15, 0.2) is 24.3 Å². The van der Waals surface area contributed by atoms with Gasteiger partial charge >= 0.3 is 5.97 Å². The van der Waals surface area contributed by atoms with Crippen molar-refractivity contribution in [1.82, 2.24) is 5.32 Å². The van der Waals surface area contributed by atoms with Gasteiger partial charge in [0.25, 0.3) is 5.91 Å². The number of carbonyl (C=O) groups is 2. The molecule has 1 rings (SSSR count). The number of aromatic carboxylic acids is 1. The molecule has 2 N–H and O–H groups in total. The van der Waals surface area contributed by atoms with Crippen LogP contribution < -0.4 is 5.32 Å². The summed E-state index contributed by atoms with van der Waals surface area (Å²) in [5.74, 6) is -1.75. The summed E-state index contributed by atoms with van der Waals surface area (Å²) < 4.78 is 22.9. The summed E-state index contributed by atoms with van der Waals surface area (Å²) in [6, 6.07) is 5.03. The molecule has 0 spiro atoms. The van der Waals surface area contributed by atoms with Crippen molar-refractivity contribution in [3.8, 4) is 0 Å². The number of nitrogens with one attached hydrogen (secondary N) is 1. The number of amides is 1. The number of carbonyl (C=O) groups excluding carboxylic acids is 1. The standard InChI is InChI=1S/C13H17NO5S/c1-3-20(18,19)8-9(2)14-12(15)10-5-4-6-11(7-10)13(16)17/h4-7,9H,3,8H2,1-2H3,(H,14,15)(H,16,17). The zero-order valence-electron chi connectivity index (χ0n) is 11.3. The molecule has 1 unspecified atom stereocenters. The first-order valence-corrected chi connectivity index (χ1v) is 7.92. The molecule has 110 valence electrons. The van der Waals surface area contributed by atoms with Gasteiger partial charge in [-0.15, -0.1) is 0 Å². The molecule has 1 atom stereocenters. The fraction of sp³-hybridized carbons (Fsp3) is 0.385. The van der Waals surface area contributed by atoms with E-state index in [1.807, 2.05) is 0 Å². The largest absolute Gasteiger partial charge is 0.478 e. The molecule has 0 aliphatic heterocycles. The van der Waals surface area contributed by atoms with E-state index in [1.54, 1.807) is 13.8 Å². The average Bonchev–Trinajstić information content (AvgIpc) is 2.38. The number of hydrogen-bond donors (Lipinski definition) is 2. The van der Waals surface area contributed by atoms with Gasteiger partial charge in [0.1, 0.15) is 0 Å². The highest BCUT2D eigenvalue weighted by molar-refractivity contribution is 7.91.